The van der Waals surface area contributed by atoms with E-state index >= 15 is 0 Å². The minimum Gasteiger partial charge on any atom is -0.508 e. The lowest BCUT2D eigenvalue weighted by molar-refractivity contribution is 0.000805. The van der Waals surface area contributed by atoms with Gasteiger partial charge in [-0.2, -0.15) is 0 Å². The van der Waals surface area contributed by atoms with Crippen molar-refractivity contribution in [3.63, 3.8) is 0 Å². The Morgan fingerprint density at radius 2 is 1.94 bits per heavy atom. The fraction of sp³-hybridized carbons (Fsp3) is 0.645. The van der Waals surface area contributed by atoms with Crippen molar-refractivity contribution in [3.05, 3.63) is 53.2 Å². The molecular formula is C31H44N2O2. The van der Waals surface area contributed by atoms with Crippen LogP contribution >= 0.6 is 0 Å². The number of fused-ring (bicyclic) bond motifs is 5. The normalized spacial score (nSPS) is 31.6. The number of aromatic nitrogens is 1. The zero-order valence-corrected chi connectivity index (χ0v) is 22.2. The van der Waals surface area contributed by atoms with Gasteiger partial charge in [-0.3, -0.25) is 4.90 Å². The molecule has 0 spiro atoms. The number of rotatable bonds is 8. The molecule has 2 saturated carbocycles. The van der Waals surface area contributed by atoms with Crippen molar-refractivity contribution >= 4 is 0 Å². The lowest BCUT2D eigenvalue weighted by Crippen LogP contribution is -2.45. The second kappa shape index (κ2) is 10.1. The highest BCUT2D eigenvalue weighted by molar-refractivity contribution is 5.40. The molecule has 35 heavy (non-hydrogen) atoms. The second-order valence-corrected chi connectivity index (χ2v) is 11.8. The third kappa shape index (κ3) is 4.71. The molecule has 1 N–H and O–H groups in total. The van der Waals surface area contributed by atoms with Crippen LogP contribution in [0.1, 0.15) is 82.4 Å². The van der Waals surface area contributed by atoms with E-state index in [4.69, 9.17) is 4.74 Å². The van der Waals surface area contributed by atoms with Crippen molar-refractivity contribution in [1.82, 2.24) is 9.88 Å². The number of phenols is 1. The molecule has 0 amide bonds. The lowest BCUT2D eigenvalue weighted by atomic mass is 9.51. The van der Waals surface area contributed by atoms with E-state index in [1.807, 2.05) is 24.4 Å². The van der Waals surface area contributed by atoms with E-state index in [2.05, 4.69) is 49.7 Å². The number of pyridine rings is 1. The zero-order valence-electron chi connectivity index (χ0n) is 22.2. The van der Waals surface area contributed by atoms with E-state index < -0.39 is 0 Å². The number of benzene rings is 1. The molecule has 190 valence electrons. The molecule has 0 aliphatic heterocycles. The summed E-state index contributed by atoms with van der Waals surface area (Å²) in [6.07, 6.45) is 9.51. The highest BCUT2D eigenvalue weighted by atomic mass is 16.5. The Labute approximate surface area is 212 Å². The number of nitrogens with zero attached hydrogens (tertiary/aromatic N) is 2. The van der Waals surface area contributed by atoms with Crippen molar-refractivity contribution < 1.29 is 9.84 Å². The van der Waals surface area contributed by atoms with Crippen LogP contribution in [-0.4, -0.2) is 34.7 Å². The average Bonchev–Trinajstić information content (AvgIpc) is 3.19. The molecule has 1 aromatic heterocycles. The van der Waals surface area contributed by atoms with Gasteiger partial charge in [0.05, 0.1) is 6.61 Å². The summed E-state index contributed by atoms with van der Waals surface area (Å²) in [7, 11) is 0. The zero-order chi connectivity index (χ0) is 24.6. The van der Waals surface area contributed by atoms with Gasteiger partial charge in [0.25, 0.3) is 0 Å². The first kappa shape index (κ1) is 24.6. The Kier molecular flexibility index (Phi) is 7.12. The van der Waals surface area contributed by atoms with Gasteiger partial charge in [-0.1, -0.05) is 39.8 Å². The summed E-state index contributed by atoms with van der Waals surface area (Å²) in [4.78, 5) is 6.99. The van der Waals surface area contributed by atoms with Crippen LogP contribution in [0.15, 0.2) is 36.5 Å². The van der Waals surface area contributed by atoms with Crippen LogP contribution in [0.4, 0.5) is 0 Å². The highest BCUT2D eigenvalue weighted by Crippen LogP contribution is 2.64. The van der Waals surface area contributed by atoms with Gasteiger partial charge in [0.2, 0.25) is 5.88 Å². The van der Waals surface area contributed by atoms with Crippen LogP contribution in [0.25, 0.3) is 0 Å². The van der Waals surface area contributed by atoms with Crippen LogP contribution in [0.3, 0.4) is 0 Å². The Bertz CT molecular complexity index is 1000. The van der Waals surface area contributed by atoms with Crippen molar-refractivity contribution in [2.75, 3.05) is 19.7 Å². The molecule has 0 radical (unpaired) electrons. The minimum atomic E-state index is 0.420. The molecule has 5 rings (SSSR count). The van der Waals surface area contributed by atoms with Crippen LogP contribution < -0.4 is 4.74 Å². The van der Waals surface area contributed by atoms with Gasteiger partial charge in [-0.25, -0.2) is 4.98 Å². The first-order valence-corrected chi connectivity index (χ1v) is 14.0. The van der Waals surface area contributed by atoms with Crippen LogP contribution in [0.5, 0.6) is 11.6 Å². The minimum absolute atomic E-state index is 0.420. The number of hydrogen-bond acceptors (Lipinski definition) is 4. The van der Waals surface area contributed by atoms with Crippen molar-refractivity contribution in [1.29, 1.82) is 0 Å². The largest absolute Gasteiger partial charge is 0.508 e. The third-order valence-electron chi connectivity index (χ3n) is 10.1. The molecule has 2 aromatic rings. The van der Waals surface area contributed by atoms with Gasteiger partial charge >= 0.3 is 0 Å². The fourth-order valence-electron chi connectivity index (χ4n) is 8.15. The standard InChI is InChI=1S/C31H44N2O2/c1-5-33(6-2)20-22-7-12-29(32-19-22)35-16-14-24-8-11-28-30-21(3)17-23-18-25(34)9-10-26(23)27(30)13-15-31(24,28)4/h7,9-10,12,18-19,21,24,27-28,30,34H,5-6,8,11,13-17,20H2,1-4H3/t21-,24-,27-,28+,30-,31-/m1/s1. The topological polar surface area (TPSA) is 45.6 Å². The second-order valence-electron chi connectivity index (χ2n) is 11.8. The van der Waals surface area contributed by atoms with Crippen molar-refractivity contribution in [3.8, 4) is 11.6 Å². The first-order valence-electron chi connectivity index (χ1n) is 14.0. The van der Waals surface area contributed by atoms with Crippen LogP contribution in [-0.2, 0) is 13.0 Å². The summed E-state index contributed by atoms with van der Waals surface area (Å²) in [5, 5.41) is 10.0. The van der Waals surface area contributed by atoms with Crippen LogP contribution in [0, 0.1) is 29.1 Å². The summed E-state index contributed by atoms with van der Waals surface area (Å²) < 4.78 is 6.14. The van der Waals surface area contributed by atoms with Crippen molar-refractivity contribution in [2.45, 2.75) is 78.7 Å². The summed E-state index contributed by atoms with van der Waals surface area (Å²) in [6, 6.07) is 10.4. The Hall–Kier alpha value is -2.07. The Morgan fingerprint density at radius 3 is 2.69 bits per heavy atom. The number of hydrogen-bond donors (Lipinski definition) is 1. The van der Waals surface area contributed by atoms with E-state index in [1.54, 1.807) is 0 Å². The SMILES string of the molecule is CCN(CC)Cc1ccc(OCC[C@H]2CC[C@H]3[C@@H]4[C@H](C)Cc5cc(O)ccc5[C@H]4CC[C@]23C)nc1. The van der Waals surface area contributed by atoms with E-state index in [0.29, 0.717) is 23.0 Å². The molecule has 4 heteroatoms. The predicted molar refractivity (Wildman–Crippen MR) is 142 cm³/mol. The van der Waals surface area contributed by atoms with E-state index in [0.717, 1.165) is 62.7 Å². The number of phenolic OH excluding ortho intramolecular Hbond substituents is 1. The molecular weight excluding hydrogens is 432 g/mol. The molecule has 3 aliphatic rings. The van der Waals surface area contributed by atoms with Gasteiger partial charge in [-0.15, -0.1) is 0 Å². The summed E-state index contributed by atoms with van der Waals surface area (Å²) >= 11 is 0. The van der Waals surface area contributed by atoms with Gasteiger partial charge in [-0.05, 0) is 115 Å². The molecule has 6 atom stereocenters. The maximum Gasteiger partial charge on any atom is 0.213 e. The molecule has 0 saturated heterocycles. The summed E-state index contributed by atoms with van der Waals surface area (Å²) in [5.41, 5.74) is 4.59. The summed E-state index contributed by atoms with van der Waals surface area (Å²) in [6.45, 7) is 13.3. The van der Waals surface area contributed by atoms with Gasteiger partial charge < -0.3 is 9.84 Å². The molecule has 3 aliphatic carbocycles. The van der Waals surface area contributed by atoms with E-state index in [1.165, 1.54) is 42.4 Å². The quantitative estimate of drug-likeness (QED) is 0.454. The monoisotopic (exact) mass is 476 g/mol. The maximum atomic E-state index is 10.0. The van der Waals surface area contributed by atoms with E-state index in [9.17, 15) is 5.11 Å². The predicted octanol–water partition coefficient (Wildman–Crippen LogP) is 6.82. The maximum absolute atomic E-state index is 10.0. The molecule has 0 unspecified atom stereocenters. The highest BCUT2D eigenvalue weighted by Gasteiger charge is 2.55. The third-order valence-corrected chi connectivity index (χ3v) is 10.1. The molecule has 4 nitrogen and oxygen atoms in total. The molecule has 0 bridgehead atoms. The summed E-state index contributed by atoms with van der Waals surface area (Å²) in [5.74, 6) is 4.86. The van der Waals surface area contributed by atoms with Gasteiger partial charge in [0, 0.05) is 18.8 Å². The Balaban J connectivity index is 1.20. The fourth-order valence-corrected chi connectivity index (χ4v) is 8.15. The number of ether oxygens (including phenoxy) is 1. The van der Waals surface area contributed by atoms with Crippen LogP contribution in [0.2, 0.25) is 0 Å². The number of aromatic hydroxyl groups is 1. The average molecular weight is 477 g/mol. The van der Waals surface area contributed by atoms with Crippen molar-refractivity contribution in [2.24, 2.45) is 29.1 Å². The Morgan fingerprint density at radius 1 is 1.11 bits per heavy atom. The molecule has 2 fully saturated rings. The lowest BCUT2D eigenvalue weighted by Gasteiger charge is -2.53. The molecule has 1 heterocycles. The first-order chi connectivity index (χ1) is 16.9. The smallest absolute Gasteiger partial charge is 0.213 e. The van der Waals surface area contributed by atoms with E-state index in [-0.39, 0.29) is 0 Å². The van der Waals surface area contributed by atoms with Gasteiger partial charge in [0.15, 0.2) is 0 Å². The molecule has 1 aromatic carbocycles. The van der Waals surface area contributed by atoms with Gasteiger partial charge in [0.1, 0.15) is 5.75 Å².